The Bertz CT molecular complexity index is 564. The molecule has 0 bridgehead atoms. The lowest BCUT2D eigenvalue weighted by Crippen LogP contribution is -2.59. The Hall–Kier alpha value is -1.89. The zero-order valence-electron chi connectivity index (χ0n) is 22.9. The molecular weight excluding hydrogens is 458 g/mol. The van der Waals surface area contributed by atoms with Gasteiger partial charge in [-0.15, -0.1) is 0 Å². The number of nitrogens with zero attached hydrogens (tertiary/aromatic N) is 1. The summed E-state index contributed by atoms with van der Waals surface area (Å²) in [7, 11) is 0. The van der Waals surface area contributed by atoms with Gasteiger partial charge < -0.3 is 24.6 Å². The molecule has 0 atom stereocenters. The smallest absolute Gasteiger partial charge is 0.359 e. The molecule has 7 heteroatoms. The van der Waals surface area contributed by atoms with Gasteiger partial charge >= 0.3 is 11.9 Å². The maximum Gasteiger partial charge on any atom is 0.359 e. The summed E-state index contributed by atoms with van der Waals surface area (Å²) in [6.45, 7) is 0.854. The predicted molar refractivity (Wildman–Crippen MR) is 143 cm³/mol. The molecule has 0 aromatic heterocycles. The molecule has 0 spiro atoms. The summed E-state index contributed by atoms with van der Waals surface area (Å²) in [6, 6.07) is 0. The second-order valence-electron chi connectivity index (χ2n) is 10.4. The Morgan fingerprint density at radius 1 is 0.583 bits per heavy atom. The van der Waals surface area contributed by atoms with E-state index in [0.29, 0.717) is 6.42 Å². The van der Waals surface area contributed by atoms with Gasteiger partial charge in [-0.3, -0.25) is 0 Å². The topological polar surface area (TPSA) is 115 Å². The number of rotatable bonds is 27. The van der Waals surface area contributed by atoms with Gasteiger partial charge in [0.2, 0.25) is 0 Å². The van der Waals surface area contributed by atoms with Gasteiger partial charge in [0.15, 0.2) is 13.1 Å². The first-order chi connectivity index (χ1) is 17.3. The fourth-order valence-corrected chi connectivity index (χ4v) is 4.83. The molecule has 0 unspecified atom stereocenters. The highest BCUT2D eigenvalue weighted by Crippen LogP contribution is 2.15. The average molecular weight is 512 g/mol. The summed E-state index contributed by atoms with van der Waals surface area (Å²) in [5.74, 6) is -3.81. The summed E-state index contributed by atoms with van der Waals surface area (Å²) in [4.78, 5) is 33.4. The monoisotopic (exact) mass is 511 g/mol. The third-order valence-corrected chi connectivity index (χ3v) is 6.80. The minimum absolute atomic E-state index is 0.223. The van der Waals surface area contributed by atoms with Crippen molar-refractivity contribution in [2.75, 3.05) is 26.2 Å². The molecule has 0 aliphatic rings. The SMILES string of the molecule is CCCCCCCC/C=C/CCCCCCCCCCCCC[N+](CC(=O)[O-])(CC(=O)O)CC(=O)O. The van der Waals surface area contributed by atoms with E-state index in [4.69, 9.17) is 10.2 Å². The van der Waals surface area contributed by atoms with Crippen LogP contribution in [0.5, 0.6) is 0 Å². The van der Waals surface area contributed by atoms with Crippen molar-refractivity contribution in [3.63, 3.8) is 0 Å². The van der Waals surface area contributed by atoms with Gasteiger partial charge in [-0.1, -0.05) is 103 Å². The second-order valence-corrected chi connectivity index (χ2v) is 10.4. The summed E-state index contributed by atoms with van der Waals surface area (Å²) in [5, 5.41) is 29.3. The van der Waals surface area contributed by atoms with Crippen LogP contribution >= 0.6 is 0 Å². The number of carboxylic acid groups (broad SMARTS) is 3. The van der Waals surface area contributed by atoms with E-state index in [2.05, 4.69) is 19.1 Å². The first kappa shape index (κ1) is 34.1. The number of aliphatic carboxylic acids is 3. The van der Waals surface area contributed by atoms with E-state index in [1.807, 2.05) is 0 Å². The van der Waals surface area contributed by atoms with Crippen molar-refractivity contribution in [3.8, 4) is 0 Å². The molecule has 210 valence electrons. The van der Waals surface area contributed by atoms with Crippen LogP contribution in [0.25, 0.3) is 0 Å². The van der Waals surface area contributed by atoms with E-state index >= 15 is 0 Å². The Morgan fingerprint density at radius 2 is 0.944 bits per heavy atom. The van der Waals surface area contributed by atoms with Crippen LogP contribution in [0.4, 0.5) is 0 Å². The third-order valence-electron chi connectivity index (χ3n) is 6.80. The number of quaternary nitrogens is 1. The lowest BCUT2D eigenvalue weighted by Gasteiger charge is -2.36. The molecular formula is C29H53NO6. The van der Waals surface area contributed by atoms with Gasteiger partial charge in [0.25, 0.3) is 0 Å². The van der Waals surface area contributed by atoms with Crippen LogP contribution in [0.15, 0.2) is 12.2 Å². The van der Waals surface area contributed by atoms with Crippen molar-refractivity contribution in [2.24, 2.45) is 0 Å². The van der Waals surface area contributed by atoms with E-state index in [1.54, 1.807) is 0 Å². The van der Waals surface area contributed by atoms with Gasteiger partial charge in [-0.25, -0.2) is 9.59 Å². The van der Waals surface area contributed by atoms with Gasteiger partial charge in [0.1, 0.15) is 6.54 Å². The normalized spacial score (nSPS) is 11.8. The van der Waals surface area contributed by atoms with Crippen LogP contribution in [0.1, 0.15) is 129 Å². The maximum atomic E-state index is 11.2. The Morgan fingerprint density at radius 3 is 1.31 bits per heavy atom. The molecule has 0 rings (SSSR count). The van der Waals surface area contributed by atoms with Crippen molar-refractivity contribution in [1.82, 2.24) is 0 Å². The van der Waals surface area contributed by atoms with Crippen molar-refractivity contribution < 1.29 is 34.2 Å². The number of carbonyl (C=O) groups is 3. The first-order valence-corrected chi connectivity index (χ1v) is 14.4. The average Bonchev–Trinajstić information content (AvgIpc) is 2.78. The lowest BCUT2D eigenvalue weighted by molar-refractivity contribution is -0.909. The van der Waals surface area contributed by atoms with Crippen LogP contribution < -0.4 is 5.11 Å². The maximum absolute atomic E-state index is 11.2. The molecule has 0 amide bonds. The van der Waals surface area contributed by atoms with E-state index < -0.39 is 42.0 Å². The molecule has 0 aliphatic carbocycles. The fourth-order valence-electron chi connectivity index (χ4n) is 4.83. The predicted octanol–water partition coefficient (Wildman–Crippen LogP) is 5.71. The number of carbonyl (C=O) groups excluding carboxylic acids is 1. The molecule has 0 aromatic carbocycles. The van der Waals surface area contributed by atoms with Gasteiger partial charge in [0.05, 0.1) is 12.5 Å². The van der Waals surface area contributed by atoms with Gasteiger partial charge in [-0.05, 0) is 38.5 Å². The van der Waals surface area contributed by atoms with E-state index in [9.17, 15) is 19.5 Å². The van der Waals surface area contributed by atoms with Crippen LogP contribution in [0.2, 0.25) is 0 Å². The molecule has 0 radical (unpaired) electrons. The summed E-state index contributed by atoms with van der Waals surface area (Å²) in [6.07, 6.45) is 27.7. The fraction of sp³-hybridized carbons (Fsp3) is 0.828. The number of unbranched alkanes of at least 4 members (excludes halogenated alkanes) is 17. The molecule has 2 N–H and O–H groups in total. The summed E-state index contributed by atoms with van der Waals surface area (Å²) < 4.78 is -0.498. The summed E-state index contributed by atoms with van der Waals surface area (Å²) in [5.41, 5.74) is 0. The zero-order chi connectivity index (χ0) is 26.9. The largest absolute Gasteiger partial charge is 0.544 e. The van der Waals surface area contributed by atoms with Crippen molar-refractivity contribution in [1.29, 1.82) is 0 Å². The molecule has 0 saturated carbocycles. The number of hydrogen-bond acceptors (Lipinski definition) is 4. The van der Waals surface area contributed by atoms with Crippen LogP contribution in [-0.2, 0) is 14.4 Å². The molecule has 0 aliphatic heterocycles. The minimum atomic E-state index is -1.42. The number of allylic oxidation sites excluding steroid dienone is 2. The van der Waals surface area contributed by atoms with Gasteiger partial charge in [-0.2, -0.15) is 0 Å². The highest BCUT2D eigenvalue weighted by Gasteiger charge is 2.33. The third kappa shape index (κ3) is 22.6. The lowest BCUT2D eigenvalue weighted by atomic mass is 10.0. The molecule has 0 fully saturated rings. The quantitative estimate of drug-likeness (QED) is 0.0829. The number of carboxylic acids is 3. The molecule has 0 aromatic rings. The highest BCUT2D eigenvalue weighted by atomic mass is 16.4. The van der Waals surface area contributed by atoms with Crippen molar-refractivity contribution in [2.45, 2.75) is 129 Å². The molecule has 7 nitrogen and oxygen atoms in total. The second kappa shape index (κ2) is 23.5. The summed E-state index contributed by atoms with van der Waals surface area (Å²) >= 11 is 0. The van der Waals surface area contributed by atoms with Crippen LogP contribution in [0.3, 0.4) is 0 Å². The van der Waals surface area contributed by atoms with E-state index in [0.717, 1.165) is 19.3 Å². The van der Waals surface area contributed by atoms with Crippen molar-refractivity contribution in [3.05, 3.63) is 12.2 Å². The van der Waals surface area contributed by atoms with E-state index in [1.165, 1.54) is 96.3 Å². The number of hydrogen-bond donors (Lipinski definition) is 2. The Labute approximate surface area is 219 Å². The Kier molecular flexibility index (Phi) is 22.3. The molecule has 0 saturated heterocycles. The minimum Gasteiger partial charge on any atom is -0.544 e. The first-order valence-electron chi connectivity index (χ1n) is 14.4. The molecule has 0 heterocycles. The molecule has 36 heavy (non-hydrogen) atoms. The van der Waals surface area contributed by atoms with Crippen LogP contribution in [0, 0.1) is 0 Å². The highest BCUT2D eigenvalue weighted by molar-refractivity contribution is 5.72. The van der Waals surface area contributed by atoms with Gasteiger partial charge in [0, 0.05) is 0 Å². The standard InChI is InChI=1S/C29H53NO6/c1-2-3-4-5-6-7-8-9-10-11-12-13-14-15-16-17-18-19-20-21-22-23-30(24-27(31)32,25-28(33)34)26-29(35)36/h9-10H,2-8,11-26H2,1H3,(H2-,31,32,33,34,35,36)/b10-9+. The van der Waals surface area contributed by atoms with Crippen LogP contribution in [-0.4, -0.2) is 58.8 Å². The van der Waals surface area contributed by atoms with Crippen molar-refractivity contribution >= 4 is 17.9 Å². The van der Waals surface area contributed by atoms with E-state index in [-0.39, 0.29) is 6.54 Å². The Balaban J connectivity index is 3.69. The zero-order valence-corrected chi connectivity index (χ0v) is 22.9.